The van der Waals surface area contributed by atoms with Gasteiger partial charge in [-0.15, -0.1) is 0 Å². The van der Waals surface area contributed by atoms with Crippen LogP contribution in [-0.4, -0.2) is 68.1 Å². The van der Waals surface area contributed by atoms with Crippen molar-refractivity contribution in [2.24, 2.45) is 0 Å². The molecule has 0 saturated heterocycles. The first-order chi connectivity index (χ1) is 34.9. The third kappa shape index (κ3) is 25.2. The van der Waals surface area contributed by atoms with Crippen LogP contribution in [-0.2, 0) is 60.7 Å². The number of alkyl halides is 12. The molecule has 5 heterocycles. The molecule has 13 nitrogen and oxygen atoms in total. The molecule has 0 spiro atoms. The Balaban J connectivity index is 0.000000593. The molecule has 27 heteroatoms. The molecule has 0 aromatic carbocycles. The van der Waals surface area contributed by atoms with Crippen molar-refractivity contribution in [3.63, 3.8) is 0 Å². The smallest absolute Gasteiger partial charge is 0.753 e. The average molecular weight is 1170 g/mol. The summed E-state index contributed by atoms with van der Waals surface area (Å²) in [5.74, 6) is -2.36. The van der Waals surface area contributed by atoms with Crippen LogP contribution in [0.5, 0.6) is 0 Å². The van der Waals surface area contributed by atoms with Crippen LogP contribution in [0, 0.1) is 0 Å². The van der Waals surface area contributed by atoms with E-state index in [-0.39, 0.29) is 84.1 Å². The summed E-state index contributed by atoms with van der Waals surface area (Å²) in [5.41, 5.74) is 0.454. The molecule has 0 aliphatic heterocycles. The molecule has 5 rings (SSSR count). The third-order valence-electron chi connectivity index (χ3n) is 9.38. The second-order valence-electron chi connectivity index (χ2n) is 15.2. The van der Waals surface area contributed by atoms with Crippen LogP contribution in [0.25, 0.3) is 57.8 Å². The van der Waals surface area contributed by atoms with Crippen LogP contribution in [0.15, 0.2) is 90.5 Å². The molecule has 0 atom stereocenters. The second-order valence-corrected chi connectivity index (χ2v) is 15.4. The number of unbranched alkanes of at least 4 members (excludes halogenated alkanes) is 5. The van der Waals surface area contributed by atoms with Gasteiger partial charge in [-0.25, -0.2) is 4.98 Å². The number of thiocarbonyl (C=S) groups is 1. The standard InChI is InChI=1S/C30H20F9N3O6.C17H21F3N3.CNS.Ru/c31-28(32,33)12-21(46-15-43)5-18-1-3-40-24(8-18)26-10-20(7-23(48-17-45)14-30(37,38)39)11-27(42-26)25-9-19(2-4-41-25)6-22(47-16-44)13-29(34,35)36;1-2-3-4-5-6-7-8-13-9-10-21-14(11-13)15-12-16(23-22-15)17(18,19)20;2-1-3;/h1-11,15-17H,12-14H2;9-12H,2-8H2,1H3;;/q;2*-1;+2/b21-5+,22-6+,23-7+;;;. The van der Waals surface area contributed by atoms with Crippen LogP contribution >= 0.6 is 12.2 Å². The Morgan fingerprint density at radius 3 is 1.40 bits per heavy atom. The van der Waals surface area contributed by atoms with Crippen LogP contribution < -0.4 is 5.10 Å². The minimum absolute atomic E-state index is 0. The van der Waals surface area contributed by atoms with Gasteiger partial charge in [-0.2, -0.15) is 57.8 Å². The zero-order valence-corrected chi connectivity index (χ0v) is 41.4. The van der Waals surface area contributed by atoms with Crippen molar-refractivity contribution in [3.05, 3.63) is 124 Å². The Morgan fingerprint density at radius 2 is 0.987 bits per heavy atom. The fourth-order valence-corrected chi connectivity index (χ4v) is 6.40. The van der Waals surface area contributed by atoms with Gasteiger partial charge in [0.25, 0.3) is 19.4 Å². The first kappa shape index (κ1) is 64.1. The van der Waals surface area contributed by atoms with Gasteiger partial charge in [0.15, 0.2) is 0 Å². The quantitative estimate of drug-likeness (QED) is 0.00934. The summed E-state index contributed by atoms with van der Waals surface area (Å²) in [5, 5.41) is 15.2. The van der Waals surface area contributed by atoms with Gasteiger partial charge < -0.3 is 29.8 Å². The monoisotopic (exact) mass is 1170 g/mol. The summed E-state index contributed by atoms with van der Waals surface area (Å²) >= 11 is 3.70. The number of pyridine rings is 4. The first-order valence-electron chi connectivity index (χ1n) is 21.5. The van der Waals surface area contributed by atoms with Crippen LogP contribution in [0.2, 0.25) is 0 Å². The van der Waals surface area contributed by atoms with Gasteiger partial charge in [0.05, 0.1) is 22.8 Å². The number of aryl methyl sites for hydroxylation is 1. The summed E-state index contributed by atoms with van der Waals surface area (Å²) in [6.07, 6.45) is -8.86. The van der Waals surface area contributed by atoms with Gasteiger partial charge in [-0.3, -0.25) is 29.3 Å². The number of carbonyl (C=O) groups excluding carboxylic acids is 3. The zero-order valence-electron chi connectivity index (χ0n) is 38.8. The number of carbonyl (C=O) groups is 3. The number of nitrogens with zero attached hydrogens (tertiary/aromatic N) is 7. The summed E-state index contributed by atoms with van der Waals surface area (Å²) in [4.78, 5) is 49.1. The Labute approximate surface area is 438 Å². The van der Waals surface area contributed by atoms with Crippen molar-refractivity contribution in [1.29, 1.82) is 0 Å². The molecule has 402 valence electrons. The summed E-state index contributed by atoms with van der Waals surface area (Å²) in [6, 6.07) is 12.0. The fourth-order valence-electron chi connectivity index (χ4n) is 6.40. The number of hydrogen-bond donors (Lipinski definition) is 0. The molecular formula is C48H41F12N7O6RuS. The molecule has 0 N–H and O–H groups in total. The van der Waals surface area contributed by atoms with Gasteiger partial charge in [0.2, 0.25) is 0 Å². The van der Waals surface area contributed by atoms with Crippen molar-refractivity contribution in [2.75, 3.05) is 0 Å². The SMILES string of the molecule is CCCCCCCCc1ccnc(-c2cc(C(F)(F)F)n[n-]2)c1.O=CO/C(=C/c1ccnc(-c2cc(/C=C(\CC(F)(F)F)OC=O)cc(-c3cc(/C=C(\CC(F)(F)F)OC=O)ccn3)n2)c1)CC(F)(F)F.[N-]=C=S.[Ru+2]. The Bertz CT molecular complexity index is 2660. The van der Waals surface area contributed by atoms with Crippen molar-refractivity contribution in [3.8, 4) is 34.2 Å². The fraction of sp³-hybridized carbons (Fsp3) is 0.312. The van der Waals surface area contributed by atoms with Crippen molar-refractivity contribution in [1.82, 2.24) is 30.1 Å². The van der Waals surface area contributed by atoms with Crippen LogP contribution in [0.3, 0.4) is 0 Å². The van der Waals surface area contributed by atoms with E-state index >= 15 is 0 Å². The molecule has 0 amide bonds. The molecule has 0 aliphatic carbocycles. The van der Waals surface area contributed by atoms with E-state index in [2.05, 4.69) is 63.5 Å². The average Bonchev–Trinajstić information content (AvgIpc) is 3.82. The van der Waals surface area contributed by atoms with Crippen molar-refractivity contribution >= 4 is 55.0 Å². The maximum atomic E-state index is 13.1. The topological polar surface area (TPSA) is 180 Å². The maximum absolute atomic E-state index is 13.1. The molecule has 5 aromatic heterocycles. The molecule has 5 aromatic rings. The predicted octanol–water partition coefficient (Wildman–Crippen LogP) is 13.3. The van der Waals surface area contributed by atoms with Gasteiger partial charge in [0.1, 0.15) is 42.2 Å². The van der Waals surface area contributed by atoms with Crippen molar-refractivity contribution in [2.45, 2.75) is 95.8 Å². The van der Waals surface area contributed by atoms with E-state index in [0.717, 1.165) is 55.1 Å². The number of halogens is 12. The van der Waals surface area contributed by atoms with Gasteiger partial charge in [-0.1, -0.05) is 56.9 Å². The normalized spacial score (nSPS) is 12.1. The number of ether oxygens (including phenoxy) is 3. The minimum atomic E-state index is -4.80. The number of rotatable bonds is 22. The molecule has 0 unspecified atom stereocenters. The predicted molar refractivity (Wildman–Crippen MR) is 247 cm³/mol. The zero-order chi connectivity index (χ0) is 55.0. The molecule has 0 saturated carbocycles. The van der Waals surface area contributed by atoms with E-state index in [9.17, 15) is 67.1 Å². The van der Waals surface area contributed by atoms with E-state index in [1.807, 2.05) is 6.07 Å². The Morgan fingerprint density at radius 1 is 0.587 bits per heavy atom. The van der Waals surface area contributed by atoms with E-state index in [4.69, 9.17) is 5.41 Å². The molecule has 0 bridgehead atoms. The van der Waals surface area contributed by atoms with Crippen LogP contribution in [0.1, 0.15) is 92.7 Å². The van der Waals surface area contributed by atoms with Crippen LogP contribution in [0.4, 0.5) is 52.7 Å². The largest absolute Gasteiger partial charge is 2.00 e. The van der Waals surface area contributed by atoms with Gasteiger partial charge in [-0.05, 0) is 108 Å². The first-order valence-corrected chi connectivity index (χ1v) is 21.9. The van der Waals surface area contributed by atoms with E-state index in [1.54, 1.807) is 12.3 Å². The number of isothiocyanates is 1. The third-order valence-corrected chi connectivity index (χ3v) is 9.38. The molecule has 75 heavy (non-hydrogen) atoms. The summed E-state index contributed by atoms with van der Waals surface area (Å²) < 4.78 is 168. The number of allylic oxidation sites excluding steroid dienone is 3. The van der Waals surface area contributed by atoms with Gasteiger partial charge >= 0.3 is 44.2 Å². The summed E-state index contributed by atoms with van der Waals surface area (Å²) in [7, 11) is 0. The van der Waals surface area contributed by atoms with Crippen molar-refractivity contribution < 1.29 is 101 Å². The van der Waals surface area contributed by atoms with E-state index in [0.29, 0.717) is 5.69 Å². The molecule has 0 fully saturated rings. The van der Waals surface area contributed by atoms with E-state index in [1.165, 1.54) is 73.7 Å². The maximum Gasteiger partial charge on any atom is 2.00 e. The van der Waals surface area contributed by atoms with Gasteiger partial charge in [0, 0.05) is 24.3 Å². The second kappa shape index (κ2) is 31.0. The molecular weight excluding hydrogens is 1130 g/mol. The van der Waals surface area contributed by atoms with E-state index < -0.39 is 66.9 Å². The Kier molecular flexibility index (Phi) is 26.5. The number of aromatic nitrogens is 6. The summed E-state index contributed by atoms with van der Waals surface area (Å²) in [6.45, 7) is 1.57. The molecule has 0 radical (unpaired) electrons. The molecule has 0 aliphatic rings. The minimum Gasteiger partial charge on any atom is -0.753 e. The number of hydrogen-bond acceptors (Lipinski definition) is 12. The Hall–Kier alpha value is -6.98.